The summed E-state index contributed by atoms with van der Waals surface area (Å²) in [5, 5.41) is 4.88. The number of rotatable bonds is 6. The van der Waals surface area contributed by atoms with Crippen LogP contribution in [0.5, 0.6) is 0 Å². The van der Waals surface area contributed by atoms with Crippen LogP contribution >= 0.6 is 0 Å². The van der Waals surface area contributed by atoms with Crippen molar-refractivity contribution in [1.29, 1.82) is 0 Å². The fourth-order valence-corrected chi connectivity index (χ4v) is 9.15. The van der Waals surface area contributed by atoms with Crippen LogP contribution in [0.15, 0.2) is 206 Å². The highest BCUT2D eigenvalue weighted by Gasteiger charge is 2.36. The van der Waals surface area contributed by atoms with E-state index in [0.717, 1.165) is 44.6 Å². The zero-order valence-electron chi connectivity index (χ0n) is 33.0. The van der Waals surface area contributed by atoms with E-state index in [-0.39, 0.29) is 5.41 Å². The number of benzene rings is 9. The molecular formula is C57H40N2. The van der Waals surface area contributed by atoms with E-state index in [1.54, 1.807) is 0 Å². The molecule has 1 aromatic heterocycles. The molecule has 10 aromatic rings. The lowest BCUT2D eigenvalue weighted by molar-refractivity contribution is 0.661. The Morgan fingerprint density at radius 1 is 0.305 bits per heavy atom. The zero-order valence-corrected chi connectivity index (χ0v) is 33.0. The van der Waals surface area contributed by atoms with Gasteiger partial charge in [0.25, 0.3) is 0 Å². The van der Waals surface area contributed by atoms with Crippen LogP contribution < -0.4 is 0 Å². The van der Waals surface area contributed by atoms with Gasteiger partial charge in [-0.3, -0.25) is 0 Å². The van der Waals surface area contributed by atoms with E-state index in [9.17, 15) is 0 Å². The summed E-state index contributed by atoms with van der Waals surface area (Å²) in [7, 11) is 0. The zero-order chi connectivity index (χ0) is 39.5. The summed E-state index contributed by atoms with van der Waals surface area (Å²) in [5.41, 5.74) is 17.3. The highest BCUT2D eigenvalue weighted by molar-refractivity contribution is 6.05. The molecular weight excluding hydrogens is 713 g/mol. The first-order valence-corrected chi connectivity index (χ1v) is 20.4. The van der Waals surface area contributed by atoms with Gasteiger partial charge in [-0.15, -0.1) is 0 Å². The molecule has 59 heavy (non-hydrogen) atoms. The molecule has 9 aromatic carbocycles. The summed E-state index contributed by atoms with van der Waals surface area (Å²) in [6.07, 6.45) is 0. The van der Waals surface area contributed by atoms with E-state index < -0.39 is 0 Å². The fraction of sp³-hybridized carbons (Fsp3) is 0.0526. The molecule has 0 aliphatic heterocycles. The molecule has 0 radical (unpaired) electrons. The monoisotopic (exact) mass is 752 g/mol. The van der Waals surface area contributed by atoms with Crippen LogP contribution in [0.4, 0.5) is 0 Å². The van der Waals surface area contributed by atoms with Crippen molar-refractivity contribution in [3.05, 3.63) is 217 Å². The van der Waals surface area contributed by atoms with E-state index in [1.165, 1.54) is 60.7 Å². The van der Waals surface area contributed by atoms with Crippen LogP contribution in [0.2, 0.25) is 0 Å². The molecule has 0 saturated heterocycles. The molecule has 1 heterocycles. The Labute approximate surface area is 345 Å². The molecule has 0 N–H and O–H groups in total. The Bertz CT molecular complexity index is 3220. The van der Waals surface area contributed by atoms with Gasteiger partial charge >= 0.3 is 0 Å². The molecule has 2 heteroatoms. The highest BCUT2D eigenvalue weighted by Crippen LogP contribution is 2.51. The summed E-state index contributed by atoms with van der Waals surface area (Å²) >= 11 is 0. The standard InChI is InChI=1S/C57H40N2/c1-57(2)52-35-44(28-29-49(52)51-33-42-18-9-10-19-43(42)34-53(51)57)46-30-31-50(48-23-12-11-22-47(46)48)56-58-54(40-16-7-4-8-17-40)36-55(59-56)45-21-13-20-41(32-45)39-26-24-38(25-27-39)37-14-5-3-6-15-37/h3-36H,1-2H3. The van der Waals surface area contributed by atoms with E-state index >= 15 is 0 Å². The molecule has 2 nitrogen and oxygen atoms in total. The smallest absolute Gasteiger partial charge is 0.161 e. The van der Waals surface area contributed by atoms with Gasteiger partial charge in [0, 0.05) is 22.1 Å². The van der Waals surface area contributed by atoms with Gasteiger partial charge in [-0.1, -0.05) is 184 Å². The molecule has 0 unspecified atom stereocenters. The predicted octanol–water partition coefficient (Wildman–Crippen LogP) is 15.1. The second-order valence-electron chi connectivity index (χ2n) is 16.2. The topological polar surface area (TPSA) is 25.8 Å². The van der Waals surface area contributed by atoms with Crippen LogP contribution in [0.3, 0.4) is 0 Å². The molecule has 1 aliphatic carbocycles. The number of aromatic nitrogens is 2. The summed E-state index contributed by atoms with van der Waals surface area (Å²) < 4.78 is 0. The fourth-order valence-electron chi connectivity index (χ4n) is 9.15. The molecule has 0 spiro atoms. The van der Waals surface area contributed by atoms with E-state index in [2.05, 4.69) is 214 Å². The SMILES string of the molecule is CC1(C)c2cc(-c3ccc(-c4nc(-c5ccccc5)cc(-c5cccc(-c6ccc(-c7ccccc7)cc6)c5)n4)c4ccccc34)ccc2-c2cc3ccccc3cc21. The average Bonchev–Trinajstić information content (AvgIpc) is 3.52. The number of nitrogens with zero attached hydrogens (tertiary/aromatic N) is 2. The number of hydrogen-bond acceptors (Lipinski definition) is 2. The van der Waals surface area contributed by atoms with Gasteiger partial charge in [0.15, 0.2) is 5.82 Å². The highest BCUT2D eigenvalue weighted by atomic mass is 14.9. The minimum Gasteiger partial charge on any atom is -0.228 e. The quantitative estimate of drug-likeness (QED) is 0.169. The number of fused-ring (bicyclic) bond motifs is 5. The molecule has 0 bridgehead atoms. The Morgan fingerprint density at radius 2 is 0.797 bits per heavy atom. The molecule has 0 saturated carbocycles. The Morgan fingerprint density at radius 3 is 1.53 bits per heavy atom. The van der Waals surface area contributed by atoms with E-state index in [4.69, 9.17) is 9.97 Å². The third-order valence-corrected chi connectivity index (χ3v) is 12.3. The summed E-state index contributed by atoms with van der Waals surface area (Å²) in [6, 6.07) is 74.3. The molecule has 0 amide bonds. The number of hydrogen-bond donors (Lipinski definition) is 0. The average molecular weight is 753 g/mol. The van der Waals surface area contributed by atoms with Crippen molar-refractivity contribution >= 4 is 21.5 Å². The maximum absolute atomic E-state index is 5.34. The van der Waals surface area contributed by atoms with Crippen LogP contribution in [-0.2, 0) is 5.41 Å². The van der Waals surface area contributed by atoms with Crippen molar-refractivity contribution in [2.75, 3.05) is 0 Å². The van der Waals surface area contributed by atoms with E-state index in [0.29, 0.717) is 5.82 Å². The predicted molar refractivity (Wildman–Crippen MR) is 247 cm³/mol. The van der Waals surface area contributed by atoms with E-state index in [1.807, 2.05) is 6.07 Å². The van der Waals surface area contributed by atoms with Crippen molar-refractivity contribution in [2.45, 2.75) is 19.3 Å². The van der Waals surface area contributed by atoms with Crippen molar-refractivity contribution in [2.24, 2.45) is 0 Å². The van der Waals surface area contributed by atoms with Gasteiger partial charge in [-0.25, -0.2) is 9.97 Å². The first-order chi connectivity index (χ1) is 29.0. The maximum atomic E-state index is 5.34. The summed E-state index contributed by atoms with van der Waals surface area (Å²) in [6.45, 7) is 4.73. The van der Waals surface area contributed by atoms with Crippen molar-refractivity contribution in [3.8, 4) is 78.4 Å². The normalized spacial score (nSPS) is 12.7. The van der Waals surface area contributed by atoms with Gasteiger partial charge in [-0.05, 0) is 114 Å². The third-order valence-electron chi connectivity index (χ3n) is 12.3. The summed E-state index contributed by atoms with van der Waals surface area (Å²) in [4.78, 5) is 10.6. The van der Waals surface area contributed by atoms with Crippen LogP contribution in [0.1, 0.15) is 25.0 Å². The molecule has 0 fully saturated rings. The molecule has 1 aliphatic rings. The Balaban J connectivity index is 1.01. The van der Waals surface area contributed by atoms with Gasteiger partial charge in [0.1, 0.15) is 0 Å². The first kappa shape index (κ1) is 34.8. The van der Waals surface area contributed by atoms with Crippen molar-refractivity contribution in [3.63, 3.8) is 0 Å². The van der Waals surface area contributed by atoms with Crippen molar-refractivity contribution < 1.29 is 0 Å². The second kappa shape index (κ2) is 13.9. The van der Waals surface area contributed by atoms with Crippen molar-refractivity contribution in [1.82, 2.24) is 9.97 Å². The second-order valence-corrected chi connectivity index (χ2v) is 16.2. The lowest BCUT2D eigenvalue weighted by Crippen LogP contribution is -2.15. The van der Waals surface area contributed by atoms with Gasteiger partial charge < -0.3 is 0 Å². The summed E-state index contributed by atoms with van der Waals surface area (Å²) in [5.74, 6) is 0.708. The van der Waals surface area contributed by atoms with Crippen LogP contribution in [0, 0.1) is 0 Å². The Kier molecular flexibility index (Phi) is 8.20. The molecule has 278 valence electrons. The maximum Gasteiger partial charge on any atom is 0.161 e. The van der Waals surface area contributed by atoms with Gasteiger partial charge in [-0.2, -0.15) is 0 Å². The first-order valence-electron chi connectivity index (χ1n) is 20.4. The lowest BCUT2D eigenvalue weighted by atomic mass is 9.81. The minimum absolute atomic E-state index is 0.120. The van der Waals surface area contributed by atoms with Gasteiger partial charge in [0.05, 0.1) is 11.4 Å². The molecule has 0 atom stereocenters. The molecule has 11 rings (SSSR count). The minimum atomic E-state index is -0.120. The lowest BCUT2D eigenvalue weighted by Gasteiger charge is -2.22. The van der Waals surface area contributed by atoms with Gasteiger partial charge in [0.2, 0.25) is 0 Å². The van der Waals surface area contributed by atoms with Crippen LogP contribution in [0.25, 0.3) is 100.0 Å². The van der Waals surface area contributed by atoms with Crippen LogP contribution in [-0.4, -0.2) is 9.97 Å². The largest absolute Gasteiger partial charge is 0.228 e. The third kappa shape index (κ3) is 6.04. The Hall–Kier alpha value is -7.42.